The first-order chi connectivity index (χ1) is 12.9. The number of nitrogens with zero attached hydrogens (tertiary/aromatic N) is 3. The van der Waals surface area contributed by atoms with Crippen LogP contribution in [-0.4, -0.2) is 38.8 Å². The van der Waals surface area contributed by atoms with Crippen molar-refractivity contribution in [2.24, 2.45) is 5.92 Å². The van der Waals surface area contributed by atoms with E-state index in [0.717, 1.165) is 10.9 Å². The predicted molar refractivity (Wildman–Crippen MR) is 102 cm³/mol. The second kappa shape index (κ2) is 7.57. The Balaban J connectivity index is 1.95. The number of nitrogens with one attached hydrogen (secondary N) is 2. The lowest BCUT2D eigenvalue weighted by Gasteiger charge is -2.36. The summed E-state index contributed by atoms with van der Waals surface area (Å²) >= 11 is 6.34. The fourth-order valence-corrected chi connectivity index (χ4v) is 3.78. The fraction of sp³-hybridized carbons (Fsp3) is 0.474. The molecule has 3 heterocycles. The van der Waals surface area contributed by atoms with E-state index in [1.807, 2.05) is 20.8 Å². The molecule has 27 heavy (non-hydrogen) atoms. The van der Waals surface area contributed by atoms with Crippen LogP contribution in [0, 0.1) is 17.2 Å². The van der Waals surface area contributed by atoms with Crippen molar-refractivity contribution in [2.45, 2.75) is 52.2 Å². The summed E-state index contributed by atoms with van der Waals surface area (Å²) < 4.78 is 0. The van der Waals surface area contributed by atoms with Gasteiger partial charge in [0, 0.05) is 35.9 Å². The molecule has 0 saturated carbocycles. The highest BCUT2D eigenvalue weighted by Gasteiger charge is 2.38. The molecule has 2 aromatic rings. The van der Waals surface area contributed by atoms with Crippen LogP contribution < -0.4 is 5.32 Å². The topological polar surface area (TPSA) is 102 Å². The van der Waals surface area contributed by atoms with E-state index in [4.69, 9.17) is 16.9 Å². The SMILES string of the molecule is CCC(CC#N)NC(=O)C(C(C)C)N1Cc2c(Cl)cnc3[nH]cc(c23)C1=O. The van der Waals surface area contributed by atoms with Crippen LogP contribution in [0.3, 0.4) is 0 Å². The predicted octanol–water partition coefficient (Wildman–Crippen LogP) is 3.01. The van der Waals surface area contributed by atoms with E-state index in [0.29, 0.717) is 22.7 Å². The highest BCUT2D eigenvalue weighted by molar-refractivity contribution is 6.32. The van der Waals surface area contributed by atoms with Gasteiger partial charge in [-0.15, -0.1) is 0 Å². The quantitative estimate of drug-likeness (QED) is 0.795. The number of H-pyrrole nitrogens is 1. The number of aromatic nitrogens is 2. The Morgan fingerprint density at radius 3 is 2.89 bits per heavy atom. The minimum atomic E-state index is -0.660. The van der Waals surface area contributed by atoms with E-state index < -0.39 is 6.04 Å². The molecule has 0 radical (unpaired) electrons. The monoisotopic (exact) mass is 387 g/mol. The van der Waals surface area contributed by atoms with Crippen molar-refractivity contribution < 1.29 is 9.59 Å². The van der Waals surface area contributed by atoms with Crippen molar-refractivity contribution >= 4 is 34.4 Å². The van der Waals surface area contributed by atoms with Gasteiger partial charge >= 0.3 is 0 Å². The molecule has 2 atom stereocenters. The number of hydrogen-bond donors (Lipinski definition) is 2. The van der Waals surface area contributed by atoms with Gasteiger partial charge in [-0.3, -0.25) is 9.59 Å². The summed E-state index contributed by atoms with van der Waals surface area (Å²) in [5.74, 6) is -0.578. The maximum absolute atomic E-state index is 13.1. The molecule has 2 N–H and O–H groups in total. The van der Waals surface area contributed by atoms with E-state index in [9.17, 15) is 9.59 Å². The van der Waals surface area contributed by atoms with Gasteiger partial charge < -0.3 is 15.2 Å². The summed E-state index contributed by atoms with van der Waals surface area (Å²) in [7, 11) is 0. The number of hydrogen-bond acceptors (Lipinski definition) is 4. The number of halogens is 1. The summed E-state index contributed by atoms with van der Waals surface area (Å²) in [4.78, 5) is 34.9. The van der Waals surface area contributed by atoms with Crippen molar-refractivity contribution in [3.05, 3.63) is 28.5 Å². The molecule has 0 bridgehead atoms. The smallest absolute Gasteiger partial charge is 0.257 e. The maximum Gasteiger partial charge on any atom is 0.257 e. The minimum Gasteiger partial charge on any atom is -0.351 e. The summed E-state index contributed by atoms with van der Waals surface area (Å²) in [6.45, 7) is 5.96. The normalized spacial score (nSPS) is 15.7. The van der Waals surface area contributed by atoms with Gasteiger partial charge in [-0.2, -0.15) is 5.26 Å². The average Bonchev–Trinajstić information content (AvgIpc) is 3.06. The van der Waals surface area contributed by atoms with Gasteiger partial charge in [0.05, 0.1) is 23.1 Å². The van der Waals surface area contributed by atoms with E-state index >= 15 is 0 Å². The van der Waals surface area contributed by atoms with Gasteiger partial charge in [0.25, 0.3) is 5.91 Å². The number of rotatable bonds is 6. The lowest BCUT2D eigenvalue weighted by Crippen LogP contribution is -2.54. The molecule has 142 valence electrons. The van der Waals surface area contributed by atoms with Crippen LogP contribution in [0.5, 0.6) is 0 Å². The lowest BCUT2D eigenvalue weighted by atomic mass is 9.95. The zero-order chi connectivity index (χ0) is 19.7. The van der Waals surface area contributed by atoms with Crippen LogP contribution in [0.25, 0.3) is 11.0 Å². The lowest BCUT2D eigenvalue weighted by molar-refractivity contribution is -0.128. The standard InChI is InChI=1S/C19H22ClN5O2/c1-4-11(5-6-21)24-18(26)16(10(2)3)25-9-13-14(20)8-23-17-15(13)12(7-22-17)19(25)27/h7-8,10-11,16H,4-5,9H2,1-3H3,(H,22,23)(H,24,26). The number of aromatic amines is 1. The van der Waals surface area contributed by atoms with Crippen LogP contribution in [-0.2, 0) is 11.3 Å². The summed E-state index contributed by atoms with van der Waals surface area (Å²) in [6, 6.07) is 1.19. The van der Waals surface area contributed by atoms with Crippen molar-refractivity contribution in [1.29, 1.82) is 5.26 Å². The molecule has 2 aromatic heterocycles. The Morgan fingerprint density at radius 1 is 1.52 bits per heavy atom. The average molecular weight is 388 g/mol. The number of pyridine rings is 1. The fourth-order valence-electron chi connectivity index (χ4n) is 3.58. The molecule has 0 aromatic carbocycles. The van der Waals surface area contributed by atoms with E-state index in [2.05, 4.69) is 21.4 Å². The molecule has 1 aliphatic rings. The van der Waals surface area contributed by atoms with E-state index in [1.165, 1.54) is 0 Å². The molecule has 0 spiro atoms. The van der Waals surface area contributed by atoms with Crippen LogP contribution in [0.15, 0.2) is 12.4 Å². The van der Waals surface area contributed by atoms with Gasteiger partial charge in [0.1, 0.15) is 11.7 Å². The van der Waals surface area contributed by atoms with Gasteiger partial charge in [0.15, 0.2) is 0 Å². The molecule has 7 nitrogen and oxygen atoms in total. The van der Waals surface area contributed by atoms with Gasteiger partial charge in [0.2, 0.25) is 5.91 Å². The molecule has 0 aliphatic carbocycles. The molecular formula is C19H22ClN5O2. The Labute approximate surface area is 162 Å². The van der Waals surface area contributed by atoms with Crippen LogP contribution >= 0.6 is 11.6 Å². The number of nitriles is 1. The highest BCUT2D eigenvalue weighted by Crippen LogP contribution is 2.35. The first-order valence-corrected chi connectivity index (χ1v) is 9.39. The second-order valence-corrected chi connectivity index (χ2v) is 7.52. The molecular weight excluding hydrogens is 366 g/mol. The van der Waals surface area contributed by atoms with Gasteiger partial charge in [-0.1, -0.05) is 32.4 Å². The van der Waals surface area contributed by atoms with Gasteiger partial charge in [-0.25, -0.2) is 4.98 Å². The molecule has 0 fully saturated rings. The molecule has 2 amide bonds. The van der Waals surface area contributed by atoms with E-state index in [-0.39, 0.29) is 36.7 Å². The number of carbonyl (C=O) groups excluding carboxylic acids is 2. The molecule has 0 saturated heterocycles. The van der Waals surface area contributed by atoms with Crippen LogP contribution in [0.2, 0.25) is 5.02 Å². The first-order valence-electron chi connectivity index (χ1n) is 9.01. The number of carbonyl (C=O) groups is 2. The maximum atomic E-state index is 13.1. The molecule has 3 rings (SSSR count). The summed E-state index contributed by atoms with van der Waals surface area (Å²) in [6.07, 6.45) is 4.06. The Kier molecular flexibility index (Phi) is 5.38. The van der Waals surface area contributed by atoms with Crippen LogP contribution in [0.4, 0.5) is 0 Å². The van der Waals surface area contributed by atoms with Crippen molar-refractivity contribution in [3.63, 3.8) is 0 Å². The van der Waals surface area contributed by atoms with Crippen molar-refractivity contribution in [2.75, 3.05) is 0 Å². The van der Waals surface area contributed by atoms with E-state index in [1.54, 1.807) is 17.3 Å². The zero-order valence-electron chi connectivity index (χ0n) is 15.5. The minimum absolute atomic E-state index is 0.106. The largest absolute Gasteiger partial charge is 0.351 e. The van der Waals surface area contributed by atoms with Crippen molar-refractivity contribution in [1.82, 2.24) is 20.2 Å². The highest BCUT2D eigenvalue weighted by atomic mass is 35.5. The van der Waals surface area contributed by atoms with Crippen molar-refractivity contribution in [3.8, 4) is 6.07 Å². The third-order valence-electron chi connectivity index (χ3n) is 4.99. The summed E-state index contributed by atoms with van der Waals surface area (Å²) in [5.41, 5.74) is 1.88. The first kappa shape index (κ1) is 19.2. The van der Waals surface area contributed by atoms with Crippen LogP contribution in [0.1, 0.15) is 49.5 Å². The molecule has 2 unspecified atom stereocenters. The number of amides is 2. The third kappa shape index (κ3) is 3.37. The second-order valence-electron chi connectivity index (χ2n) is 7.11. The molecule has 8 heteroatoms. The van der Waals surface area contributed by atoms with Gasteiger partial charge in [-0.05, 0) is 12.3 Å². The Bertz CT molecular complexity index is 930. The Hall–Kier alpha value is -2.59. The molecule has 1 aliphatic heterocycles. The third-order valence-corrected chi connectivity index (χ3v) is 5.31. The summed E-state index contributed by atoms with van der Waals surface area (Å²) in [5, 5.41) is 13.0. The zero-order valence-corrected chi connectivity index (χ0v) is 16.3. The Morgan fingerprint density at radius 2 is 2.26 bits per heavy atom.